The summed E-state index contributed by atoms with van der Waals surface area (Å²) in [6.45, 7) is 5.41. The maximum Gasteiger partial charge on any atom is 0.319 e. The Morgan fingerprint density at radius 3 is 2.52 bits per heavy atom. The topological polar surface area (TPSA) is 68.2 Å². The zero-order valence-corrected chi connectivity index (χ0v) is 13.5. The van der Waals surface area contributed by atoms with Gasteiger partial charge in [0, 0.05) is 30.6 Å². The molecule has 1 aromatic heterocycles. The van der Waals surface area contributed by atoms with Gasteiger partial charge in [0.1, 0.15) is 0 Å². The Morgan fingerprint density at radius 1 is 1.22 bits per heavy atom. The van der Waals surface area contributed by atoms with E-state index in [0.717, 1.165) is 35.6 Å². The van der Waals surface area contributed by atoms with Gasteiger partial charge in [-0.25, -0.2) is 9.48 Å². The minimum atomic E-state index is -0.171. The van der Waals surface area contributed by atoms with Gasteiger partial charge in [-0.1, -0.05) is 0 Å². The summed E-state index contributed by atoms with van der Waals surface area (Å²) < 4.78 is 7.18. The third-order valence-corrected chi connectivity index (χ3v) is 3.94. The number of ether oxygens (including phenoxy) is 1. The van der Waals surface area contributed by atoms with Crippen molar-refractivity contribution in [2.24, 2.45) is 0 Å². The smallest absolute Gasteiger partial charge is 0.319 e. The molecule has 0 saturated carbocycles. The van der Waals surface area contributed by atoms with E-state index in [4.69, 9.17) is 4.74 Å². The molecule has 3 rings (SSSR count). The second-order valence-corrected chi connectivity index (χ2v) is 5.87. The summed E-state index contributed by atoms with van der Waals surface area (Å²) >= 11 is 0. The van der Waals surface area contributed by atoms with Crippen LogP contribution in [0.25, 0.3) is 5.69 Å². The molecule has 0 radical (unpaired) electrons. The van der Waals surface area contributed by atoms with Gasteiger partial charge in [-0.3, -0.25) is 0 Å². The van der Waals surface area contributed by atoms with Gasteiger partial charge < -0.3 is 15.4 Å². The number of nitrogens with one attached hydrogen (secondary N) is 2. The molecule has 0 bridgehead atoms. The van der Waals surface area contributed by atoms with Crippen LogP contribution in [0.1, 0.15) is 24.2 Å². The van der Waals surface area contributed by atoms with Crippen molar-refractivity contribution in [3.05, 3.63) is 41.7 Å². The second-order valence-electron chi connectivity index (χ2n) is 5.87. The van der Waals surface area contributed by atoms with E-state index < -0.39 is 0 Å². The van der Waals surface area contributed by atoms with Gasteiger partial charge in [0.05, 0.1) is 11.4 Å². The number of aryl methyl sites for hydroxylation is 2. The van der Waals surface area contributed by atoms with Gasteiger partial charge in [0.25, 0.3) is 0 Å². The van der Waals surface area contributed by atoms with Crippen LogP contribution < -0.4 is 10.6 Å². The fraction of sp³-hybridized carbons (Fsp3) is 0.412. The van der Waals surface area contributed by atoms with Crippen molar-refractivity contribution in [3.63, 3.8) is 0 Å². The van der Waals surface area contributed by atoms with Gasteiger partial charge in [0.15, 0.2) is 0 Å². The number of anilines is 1. The minimum absolute atomic E-state index is 0.171. The molecule has 1 aromatic carbocycles. The summed E-state index contributed by atoms with van der Waals surface area (Å²) in [5.74, 6) is 0. The third kappa shape index (κ3) is 3.90. The molecule has 122 valence electrons. The molecule has 6 heteroatoms. The average Bonchev–Trinajstić information content (AvgIpc) is 2.87. The van der Waals surface area contributed by atoms with E-state index in [1.807, 2.05) is 48.9 Å². The maximum atomic E-state index is 12.0. The Labute approximate surface area is 135 Å². The first-order chi connectivity index (χ1) is 11.1. The summed E-state index contributed by atoms with van der Waals surface area (Å²) in [5.41, 5.74) is 3.81. The van der Waals surface area contributed by atoms with Crippen LogP contribution in [-0.2, 0) is 4.74 Å². The molecule has 1 aliphatic rings. The summed E-state index contributed by atoms with van der Waals surface area (Å²) in [6, 6.07) is 9.72. The lowest BCUT2D eigenvalue weighted by atomic mass is 10.1. The van der Waals surface area contributed by atoms with Crippen molar-refractivity contribution in [2.75, 3.05) is 18.5 Å². The Kier molecular flexibility index (Phi) is 4.62. The normalized spacial score (nSPS) is 15.4. The number of hydrogen-bond donors (Lipinski definition) is 2. The highest BCUT2D eigenvalue weighted by molar-refractivity contribution is 5.89. The van der Waals surface area contributed by atoms with Crippen molar-refractivity contribution in [3.8, 4) is 5.69 Å². The molecule has 2 heterocycles. The quantitative estimate of drug-likeness (QED) is 0.915. The molecule has 23 heavy (non-hydrogen) atoms. The van der Waals surface area contributed by atoms with Crippen molar-refractivity contribution >= 4 is 11.7 Å². The first kappa shape index (κ1) is 15.6. The molecule has 1 aliphatic heterocycles. The van der Waals surface area contributed by atoms with Crippen LogP contribution in [0.3, 0.4) is 0 Å². The van der Waals surface area contributed by atoms with Gasteiger partial charge in [-0.2, -0.15) is 5.10 Å². The van der Waals surface area contributed by atoms with E-state index in [2.05, 4.69) is 15.7 Å². The molecule has 1 fully saturated rings. The summed E-state index contributed by atoms with van der Waals surface area (Å²) in [4.78, 5) is 12.0. The van der Waals surface area contributed by atoms with E-state index in [1.165, 1.54) is 0 Å². The number of hydrogen-bond acceptors (Lipinski definition) is 3. The zero-order chi connectivity index (χ0) is 16.2. The highest BCUT2D eigenvalue weighted by Crippen LogP contribution is 2.15. The molecule has 0 aliphatic carbocycles. The van der Waals surface area contributed by atoms with Crippen molar-refractivity contribution in [2.45, 2.75) is 32.7 Å². The maximum absolute atomic E-state index is 12.0. The highest BCUT2D eigenvalue weighted by atomic mass is 16.5. The third-order valence-electron chi connectivity index (χ3n) is 3.94. The van der Waals surface area contributed by atoms with Crippen LogP contribution >= 0.6 is 0 Å². The van der Waals surface area contributed by atoms with E-state index in [0.29, 0.717) is 13.2 Å². The van der Waals surface area contributed by atoms with Crippen LogP contribution in [0.2, 0.25) is 0 Å². The molecule has 1 saturated heterocycles. The van der Waals surface area contributed by atoms with Crippen LogP contribution in [0.4, 0.5) is 10.5 Å². The van der Waals surface area contributed by atoms with Crippen LogP contribution in [-0.4, -0.2) is 35.1 Å². The SMILES string of the molecule is Cc1cc(C)n(-c2ccc(NC(=O)NC3CCOCC3)cc2)n1. The monoisotopic (exact) mass is 314 g/mol. The number of nitrogens with zero attached hydrogens (tertiary/aromatic N) is 2. The van der Waals surface area contributed by atoms with Crippen LogP contribution in [0, 0.1) is 13.8 Å². The molecule has 2 amide bonds. The standard InChI is InChI=1S/C17H22N4O2/c1-12-11-13(2)21(20-12)16-5-3-14(4-6-16)18-17(22)19-15-7-9-23-10-8-15/h3-6,11,15H,7-10H2,1-2H3,(H2,18,19,22). The van der Waals surface area contributed by atoms with Gasteiger partial charge in [-0.05, 0) is 57.0 Å². The Hall–Kier alpha value is -2.34. The first-order valence-corrected chi connectivity index (χ1v) is 7.91. The summed E-state index contributed by atoms with van der Waals surface area (Å²) in [6.07, 6.45) is 1.73. The van der Waals surface area contributed by atoms with Crippen molar-refractivity contribution in [1.82, 2.24) is 15.1 Å². The largest absolute Gasteiger partial charge is 0.381 e. The van der Waals surface area contributed by atoms with E-state index in [1.54, 1.807) is 0 Å². The summed E-state index contributed by atoms with van der Waals surface area (Å²) in [7, 11) is 0. The first-order valence-electron chi connectivity index (χ1n) is 7.91. The molecule has 2 N–H and O–H groups in total. The number of rotatable bonds is 3. The van der Waals surface area contributed by atoms with Crippen molar-refractivity contribution < 1.29 is 9.53 Å². The van der Waals surface area contributed by atoms with Crippen LogP contribution in [0.5, 0.6) is 0 Å². The minimum Gasteiger partial charge on any atom is -0.381 e. The zero-order valence-electron chi connectivity index (χ0n) is 13.5. The Balaban J connectivity index is 1.61. The predicted molar refractivity (Wildman–Crippen MR) is 89.0 cm³/mol. The lowest BCUT2D eigenvalue weighted by Crippen LogP contribution is -2.41. The van der Waals surface area contributed by atoms with E-state index >= 15 is 0 Å². The number of amides is 2. The Morgan fingerprint density at radius 2 is 1.91 bits per heavy atom. The molecular weight excluding hydrogens is 292 g/mol. The number of urea groups is 1. The number of carbonyl (C=O) groups is 1. The average molecular weight is 314 g/mol. The molecule has 6 nitrogen and oxygen atoms in total. The second kappa shape index (κ2) is 6.83. The fourth-order valence-corrected chi connectivity index (χ4v) is 2.77. The Bertz CT molecular complexity index is 672. The molecule has 2 aromatic rings. The van der Waals surface area contributed by atoms with E-state index in [9.17, 15) is 4.79 Å². The lowest BCUT2D eigenvalue weighted by molar-refractivity contribution is 0.0806. The number of carbonyl (C=O) groups excluding carboxylic acids is 1. The van der Waals surface area contributed by atoms with Crippen LogP contribution in [0.15, 0.2) is 30.3 Å². The van der Waals surface area contributed by atoms with Gasteiger partial charge in [0.2, 0.25) is 0 Å². The molecule has 0 unspecified atom stereocenters. The van der Waals surface area contributed by atoms with E-state index in [-0.39, 0.29) is 12.1 Å². The summed E-state index contributed by atoms with van der Waals surface area (Å²) in [5, 5.41) is 10.3. The molecular formula is C17H22N4O2. The molecule has 0 atom stereocenters. The highest BCUT2D eigenvalue weighted by Gasteiger charge is 2.15. The fourth-order valence-electron chi connectivity index (χ4n) is 2.77. The predicted octanol–water partition coefficient (Wildman–Crippen LogP) is 2.79. The number of benzene rings is 1. The molecule has 0 spiro atoms. The van der Waals surface area contributed by atoms with Crippen molar-refractivity contribution in [1.29, 1.82) is 0 Å². The lowest BCUT2D eigenvalue weighted by Gasteiger charge is -2.23. The number of aromatic nitrogens is 2. The van der Waals surface area contributed by atoms with Gasteiger partial charge in [-0.15, -0.1) is 0 Å². The van der Waals surface area contributed by atoms with Gasteiger partial charge >= 0.3 is 6.03 Å².